The van der Waals surface area contributed by atoms with Crippen LogP contribution in [0.5, 0.6) is 5.75 Å². The van der Waals surface area contributed by atoms with E-state index in [2.05, 4.69) is 26.0 Å². The Hall–Kier alpha value is -0.915. The number of hydrogen-bond acceptors (Lipinski definition) is 1. The van der Waals surface area contributed by atoms with Crippen LogP contribution in [0.3, 0.4) is 0 Å². The summed E-state index contributed by atoms with van der Waals surface area (Å²) in [4.78, 5) is 0. The fourth-order valence-electron chi connectivity index (χ4n) is 1.45. The van der Waals surface area contributed by atoms with Gasteiger partial charge < -0.3 is 4.74 Å². The first-order chi connectivity index (χ1) is 5.36. The molecule has 0 saturated carbocycles. The van der Waals surface area contributed by atoms with Gasteiger partial charge in [0.15, 0.2) is 0 Å². The van der Waals surface area contributed by atoms with Gasteiger partial charge in [-0.3, -0.25) is 0 Å². The Bertz CT molecular complexity index is 270. The molecule has 0 N–H and O–H groups in total. The van der Waals surface area contributed by atoms with Crippen molar-refractivity contribution in [1.29, 1.82) is 0 Å². The summed E-state index contributed by atoms with van der Waals surface area (Å²) in [7, 11) is 2.10. The second-order valence-corrected chi connectivity index (χ2v) is 3.06. The average molecular weight is 146 g/mol. The Morgan fingerprint density at radius 1 is 1.36 bits per heavy atom. The maximum absolute atomic E-state index is 5.50. The van der Waals surface area contributed by atoms with Crippen LogP contribution in [-0.4, -0.2) is 14.5 Å². The number of benzene rings is 1. The maximum atomic E-state index is 5.50. The van der Waals surface area contributed by atoms with Gasteiger partial charge >= 0.3 is 0 Å². The monoisotopic (exact) mass is 146 g/mol. The summed E-state index contributed by atoms with van der Waals surface area (Å²) in [5.41, 5.74) is 2.65. The van der Waals surface area contributed by atoms with Gasteiger partial charge in [0.25, 0.3) is 0 Å². The van der Waals surface area contributed by atoms with Crippen LogP contribution in [0.2, 0.25) is 0 Å². The van der Waals surface area contributed by atoms with Crippen LogP contribution in [0.25, 0.3) is 0 Å². The molecule has 0 spiro atoms. The van der Waals surface area contributed by atoms with Gasteiger partial charge in [-0.05, 0) is 24.5 Å². The molecule has 11 heavy (non-hydrogen) atoms. The van der Waals surface area contributed by atoms with E-state index in [0.29, 0.717) is 0 Å². The van der Waals surface area contributed by atoms with Crippen LogP contribution < -0.4 is 10.2 Å². The molecule has 2 heteroatoms. The Labute approximate surface area is 67.8 Å². The molecule has 0 aromatic heterocycles. The highest BCUT2D eigenvalue weighted by Gasteiger charge is 2.08. The van der Waals surface area contributed by atoms with E-state index in [1.165, 1.54) is 17.4 Å². The van der Waals surface area contributed by atoms with Gasteiger partial charge in [0, 0.05) is 0 Å². The lowest BCUT2D eigenvalue weighted by molar-refractivity contribution is 0.288. The molecule has 0 atom stereocenters. The van der Waals surface area contributed by atoms with E-state index >= 15 is 0 Å². The van der Waals surface area contributed by atoms with Crippen LogP contribution in [0.15, 0.2) is 18.2 Å². The van der Waals surface area contributed by atoms with Crippen molar-refractivity contribution in [2.24, 2.45) is 0 Å². The van der Waals surface area contributed by atoms with Crippen molar-refractivity contribution in [3.8, 4) is 5.75 Å². The lowest BCUT2D eigenvalue weighted by Crippen LogP contribution is -2.12. The predicted octanol–water partition coefficient (Wildman–Crippen LogP) is 0.270. The first-order valence-electron chi connectivity index (χ1n) is 4.08. The number of ether oxygens (including phenoxy) is 1. The van der Waals surface area contributed by atoms with Crippen molar-refractivity contribution in [2.75, 3.05) is 6.61 Å². The van der Waals surface area contributed by atoms with Gasteiger partial charge in [-0.1, -0.05) is 17.6 Å². The minimum atomic E-state index is 0.885. The number of hydrogen-bond donors (Lipinski definition) is 0. The molecule has 0 radical (unpaired) electrons. The van der Waals surface area contributed by atoms with E-state index in [9.17, 15) is 0 Å². The van der Waals surface area contributed by atoms with Crippen LogP contribution in [0, 0.1) is 0 Å². The SMILES string of the molecule is Bc1ccc2c(c1)OCCC2. The smallest absolute Gasteiger partial charge is 0.139 e. The van der Waals surface area contributed by atoms with E-state index < -0.39 is 0 Å². The number of rotatable bonds is 0. The lowest BCUT2D eigenvalue weighted by atomic mass is 9.93. The van der Waals surface area contributed by atoms with Crippen LogP contribution in [0.4, 0.5) is 0 Å². The predicted molar refractivity (Wildman–Crippen MR) is 48.4 cm³/mol. The molecular formula is C9H11BO. The van der Waals surface area contributed by atoms with Crippen molar-refractivity contribution >= 4 is 13.3 Å². The molecule has 0 bridgehead atoms. The molecule has 0 unspecified atom stereocenters. The first kappa shape index (κ1) is 6.77. The molecule has 0 saturated heterocycles. The third-order valence-corrected chi connectivity index (χ3v) is 2.07. The molecule has 56 valence electrons. The summed E-state index contributed by atoms with van der Waals surface area (Å²) in [6.07, 6.45) is 2.34. The summed E-state index contributed by atoms with van der Waals surface area (Å²) < 4.78 is 5.50. The summed E-state index contributed by atoms with van der Waals surface area (Å²) in [6.45, 7) is 0.885. The number of fused-ring (bicyclic) bond motifs is 1. The molecule has 2 rings (SSSR count). The van der Waals surface area contributed by atoms with E-state index in [-0.39, 0.29) is 0 Å². The minimum Gasteiger partial charge on any atom is -0.493 e. The van der Waals surface area contributed by atoms with Crippen molar-refractivity contribution in [2.45, 2.75) is 12.8 Å². The Morgan fingerprint density at radius 3 is 3.18 bits per heavy atom. The minimum absolute atomic E-state index is 0.885. The highest BCUT2D eigenvalue weighted by atomic mass is 16.5. The molecule has 1 aliphatic rings. The molecule has 1 aliphatic heterocycles. The quantitative estimate of drug-likeness (QED) is 0.477. The summed E-state index contributed by atoms with van der Waals surface area (Å²) in [6, 6.07) is 6.44. The summed E-state index contributed by atoms with van der Waals surface area (Å²) >= 11 is 0. The highest BCUT2D eigenvalue weighted by molar-refractivity contribution is 6.32. The van der Waals surface area contributed by atoms with Crippen molar-refractivity contribution in [3.63, 3.8) is 0 Å². The zero-order chi connectivity index (χ0) is 7.68. The third kappa shape index (κ3) is 1.25. The largest absolute Gasteiger partial charge is 0.493 e. The van der Waals surface area contributed by atoms with Crippen LogP contribution in [0.1, 0.15) is 12.0 Å². The van der Waals surface area contributed by atoms with Crippen molar-refractivity contribution < 1.29 is 4.74 Å². The highest BCUT2D eigenvalue weighted by Crippen LogP contribution is 2.22. The van der Waals surface area contributed by atoms with Gasteiger partial charge in [-0.2, -0.15) is 0 Å². The molecule has 1 aromatic carbocycles. The van der Waals surface area contributed by atoms with Crippen LogP contribution >= 0.6 is 0 Å². The van der Waals surface area contributed by atoms with Gasteiger partial charge in [0.05, 0.1) is 6.61 Å². The molecule has 1 aromatic rings. The van der Waals surface area contributed by atoms with Gasteiger partial charge in [-0.25, -0.2) is 0 Å². The number of aryl methyl sites for hydroxylation is 1. The zero-order valence-corrected chi connectivity index (χ0v) is 6.76. The van der Waals surface area contributed by atoms with E-state index in [4.69, 9.17) is 4.74 Å². The van der Waals surface area contributed by atoms with Crippen molar-refractivity contribution in [1.82, 2.24) is 0 Å². The van der Waals surface area contributed by atoms with Gasteiger partial charge in [0.1, 0.15) is 13.6 Å². The fourth-order valence-corrected chi connectivity index (χ4v) is 1.45. The average Bonchev–Trinajstić information content (AvgIpc) is 2.04. The fraction of sp³-hybridized carbons (Fsp3) is 0.333. The molecule has 1 nitrogen and oxygen atoms in total. The molecular weight excluding hydrogens is 135 g/mol. The van der Waals surface area contributed by atoms with Gasteiger partial charge in [0.2, 0.25) is 0 Å². The van der Waals surface area contributed by atoms with E-state index in [1.807, 2.05) is 0 Å². The van der Waals surface area contributed by atoms with Crippen molar-refractivity contribution in [3.05, 3.63) is 23.8 Å². The molecule has 0 aliphatic carbocycles. The zero-order valence-electron chi connectivity index (χ0n) is 6.76. The lowest BCUT2D eigenvalue weighted by Gasteiger charge is -2.17. The molecule has 0 fully saturated rings. The Kier molecular flexibility index (Phi) is 1.61. The second kappa shape index (κ2) is 2.61. The topological polar surface area (TPSA) is 9.23 Å². The Balaban J connectivity index is 2.43. The van der Waals surface area contributed by atoms with Crippen LogP contribution in [-0.2, 0) is 6.42 Å². The van der Waals surface area contributed by atoms with Gasteiger partial charge in [-0.15, -0.1) is 0 Å². The Morgan fingerprint density at radius 2 is 2.27 bits per heavy atom. The second-order valence-electron chi connectivity index (χ2n) is 3.06. The third-order valence-electron chi connectivity index (χ3n) is 2.07. The normalized spacial score (nSPS) is 15.3. The standard InChI is InChI=1S/C9H11BO/c10-8-4-3-7-2-1-5-11-9(7)6-8/h3-4,6H,1-2,5,10H2. The van der Waals surface area contributed by atoms with E-state index in [0.717, 1.165) is 18.8 Å². The van der Waals surface area contributed by atoms with E-state index in [1.54, 1.807) is 0 Å². The molecule has 1 heterocycles. The summed E-state index contributed by atoms with van der Waals surface area (Å²) in [5.74, 6) is 1.09. The summed E-state index contributed by atoms with van der Waals surface area (Å²) in [5, 5.41) is 0. The maximum Gasteiger partial charge on any atom is 0.139 e. The molecule has 0 amide bonds. The first-order valence-corrected chi connectivity index (χ1v) is 4.08.